The number of carbonyl (C=O) groups excluding carboxylic acids is 1. The smallest absolute Gasteiger partial charge is 0.163 e. The van der Waals surface area contributed by atoms with Gasteiger partial charge in [0.05, 0.1) is 6.61 Å². The second-order valence-corrected chi connectivity index (χ2v) is 7.88. The summed E-state index contributed by atoms with van der Waals surface area (Å²) in [4.78, 5) is 17.1. The van der Waals surface area contributed by atoms with E-state index in [-0.39, 0.29) is 5.78 Å². The molecule has 1 aliphatic heterocycles. The summed E-state index contributed by atoms with van der Waals surface area (Å²) in [7, 11) is 0. The van der Waals surface area contributed by atoms with Crippen LogP contribution in [0.2, 0.25) is 0 Å². The molecule has 0 amide bonds. The first kappa shape index (κ1) is 19.0. The van der Waals surface area contributed by atoms with Gasteiger partial charge >= 0.3 is 0 Å². The Labute approximate surface area is 168 Å². The fourth-order valence-electron chi connectivity index (χ4n) is 4.38. The zero-order valence-electron chi connectivity index (χ0n) is 16.8. The average Bonchev–Trinajstić information content (AvgIpc) is 2.73. The number of hydrogen-bond donors (Lipinski definition) is 0. The van der Waals surface area contributed by atoms with Gasteiger partial charge in [-0.05, 0) is 43.9 Å². The van der Waals surface area contributed by atoms with Gasteiger partial charge in [0.2, 0.25) is 0 Å². The number of ketones is 1. The highest BCUT2D eigenvalue weighted by Crippen LogP contribution is 2.29. The van der Waals surface area contributed by atoms with Crippen molar-refractivity contribution in [3.8, 4) is 5.75 Å². The predicted molar refractivity (Wildman–Crippen MR) is 114 cm³/mol. The number of rotatable bonds is 6. The summed E-state index contributed by atoms with van der Waals surface area (Å²) in [6.45, 7) is 8.33. The van der Waals surface area contributed by atoms with Gasteiger partial charge in [0.15, 0.2) is 5.78 Å². The van der Waals surface area contributed by atoms with Gasteiger partial charge in [-0.3, -0.25) is 9.69 Å². The van der Waals surface area contributed by atoms with Crippen LogP contribution in [0.15, 0.2) is 42.5 Å². The van der Waals surface area contributed by atoms with Crippen molar-refractivity contribution in [2.45, 2.75) is 32.6 Å². The minimum atomic E-state index is 0.262. The van der Waals surface area contributed by atoms with Gasteiger partial charge in [-0.25, -0.2) is 0 Å². The molecule has 148 valence electrons. The SMILES string of the molecule is Cc1ccccc1N1CCN(CCCOc2cccc3c2CCCC3=O)CC1. The molecule has 4 nitrogen and oxygen atoms in total. The molecule has 0 bridgehead atoms. The number of aryl methyl sites for hydroxylation is 1. The normalized spacial score (nSPS) is 17.5. The van der Waals surface area contributed by atoms with Crippen molar-refractivity contribution in [2.24, 2.45) is 0 Å². The lowest BCUT2D eigenvalue weighted by Crippen LogP contribution is -2.47. The lowest BCUT2D eigenvalue weighted by Gasteiger charge is -2.36. The fraction of sp³-hybridized carbons (Fsp3) is 0.458. The highest BCUT2D eigenvalue weighted by Gasteiger charge is 2.21. The first-order valence-corrected chi connectivity index (χ1v) is 10.5. The number of Topliss-reactive ketones (excluding diaryl/α,β-unsaturated/α-hetero) is 1. The maximum absolute atomic E-state index is 12.1. The lowest BCUT2D eigenvalue weighted by atomic mass is 9.90. The molecule has 2 aromatic rings. The van der Waals surface area contributed by atoms with E-state index in [1.54, 1.807) is 0 Å². The molecule has 0 aromatic heterocycles. The number of carbonyl (C=O) groups is 1. The van der Waals surface area contributed by atoms with Crippen LogP contribution >= 0.6 is 0 Å². The van der Waals surface area contributed by atoms with Gasteiger partial charge in [-0.15, -0.1) is 0 Å². The van der Waals surface area contributed by atoms with E-state index in [1.807, 2.05) is 18.2 Å². The zero-order chi connectivity index (χ0) is 19.3. The van der Waals surface area contributed by atoms with Crippen LogP contribution < -0.4 is 9.64 Å². The topological polar surface area (TPSA) is 32.8 Å². The van der Waals surface area contributed by atoms with Crippen LogP contribution in [0.5, 0.6) is 5.75 Å². The number of piperazine rings is 1. The third kappa shape index (κ3) is 4.22. The largest absolute Gasteiger partial charge is 0.493 e. The van der Waals surface area contributed by atoms with E-state index in [2.05, 4.69) is 41.0 Å². The number of para-hydroxylation sites is 1. The molecule has 4 rings (SSSR count). The number of benzene rings is 2. The summed E-state index contributed by atoms with van der Waals surface area (Å²) in [6, 6.07) is 14.5. The van der Waals surface area contributed by atoms with Crippen LogP contribution in [0, 0.1) is 6.92 Å². The van der Waals surface area contributed by atoms with Crippen LogP contribution in [-0.2, 0) is 6.42 Å². The van der Waals surface area contributed by atoms with E-state index < -0.39 is 0 Å². The summed E-state index contributed by atoms with van der Waals surface area (Å²) >= 11 is 0. The summed E-state index contributed by atoms with van der Waals surface area (Å²) in [5, 5.41) is 0. The van der Waals surface area contributed by atoms with E-state index in [0.717, 1.165) is 68.9 Å². The van der Waals surface area contributed by atoms with Crippen molar-refractivity contribution in [1.82, 2.24) is 4.90 Å². The first-order chi connectivity index (χ1) is 13.7. The third-order valence-electron chi connectivity index (χ3n) is 5.97. The number of fused-ring (bicyclic) bond motifs is 1. The summed E-state index contributed by atoms with van der Waals surface area (Å²) in [6.07, 6.45) is 3.59. The molecule has 0 radical (unpaired) electrons. The van der Waals surface area contributed by atoms with E-state index in [1.165, 1.54) is 11.3 Å². The quantitative estimate of drug-likeness (QED) is 0.709. The summed E-state index contributed by atoms with van der Waals surface area (Å²) in [5.74, 6) is 1.17. The Kier molecular flexibility index (Phi) is 5.96. The average molecular weight is 379 g/mol. The molecule has 0 unspecified atom stereocenters. The molecule has 0 saturated carbocycles. The van der Waals surface area contributed by atoms with Gasteiger partial charge < -0.3 is 9.64 Å². The Bertz CT molecular complexity index is 825. The number of ether oxygens (including phenoxy) is 1. The van der Waals surface area contributed by atoms with Gasteiger partial charge in [0.25, 0.3) is 0 Å². The summed E-state index contributed by atoms with van der Waals surface area (Å²) in [5.41, 5.74) is 4.71. The highest BCUT2D eigenvalue weighted by atomic mass is 16.5. The van der Waals surface area contributed by atoms with Gasteiger partial charge in [0, 0.05) is 56.0 Å². The van der Waals surface area contributed by atoms with Gasteiger partial charge in [-0.1, -0.05) is 30.3 Å². The summed E-state index contributed by atoms with van der Waals surface area (Å²) < 4.78 is 6.06. The predicted octanol–water partition coefficient (Wildman–Crippen LogP) is 4.11. The zero-order valence-corrected chi connectivity index (χ0v) is 16.8. The molecule has 0 spiro atoms. The van der Waals surface area contributed by atoms with Crippen molar-refractivity contribution in [3.63, 3.8) is 0 Å². The molecular formula is C24H30N2O2. The van der Waals surface area contributed by atoms with E-state index in [0.29, 0.717) is 13.0 Å². The Morgan fingerprint density at radius 1 is 0.964 bits per heavy atom. The van der Waals surface area contributed by atoms with Crippen molar-refractivity contribution >= 4 is 11.5 Å². The standard InChI is InChI=1S/C24H30N2O2/c1-19-7-2-3-10-22(19)26-16-14-25(15-17-26)13-6-18-28-24-12-5-8-20-21(24)9-4-11-23(20)27/h2-3,5,7-8,10,12H,4,6,9,11,13-18H2,1H3. The fourth-order valence-corrected chi connectivity index (χ4v) is 4.38. The van der Waals surface area contributed by atoms with Crippen molar-refractivity contribution in [3.05, 3.63) is 59.2 Å². The Morgan fingerprint density at radius 3 is 2.61 bits per heavy atom. The van der Waals surface area contributed by atoms with Crippen LogP contribution in [-0.4, -0.2) is 50.0 Å². The minimum Gasteiger partial charge on any atom is -0.493 e. The van der Waals surface area contributed by atoms with Crippen LogP contribution in [0.25, 0.3) is 0 Å². The Balaban J connectivity index is 1.23. The molecule has 0 atom stereocenters. The third-order valence-corrected chi connectivity index (χ3v) is 5.97. The molecule has 0 N–H and O–H groups in total. The second kappa shape index (κ2) is 8.78. The minimum absolute atomic E-state index is 0.262. The van der Waals surface area contributed by atoms with Gasteiger partial charge in [0.1, 0.15) is 5.75 Å². The first-order valence-electron chi connectivity index (χ1n) is 10.5. The van der Waals surface area contributed by atoms with E-state index in [4.69, 9.17) is 4.74 Å². The Morgan fingerprint density at radius 2 is 1.79 bits per heavy atom. The molecule has 2 aromatic carbocycles. The van der Waals surface area contributed by atoms with Crippen molar-refractivity contribution < 1.29 is 9.53 Å². The molecule has 1 heterocycles. The van der Waals surface area contributed by atoms with Crippen LogP contribution in [0.1, 0.15) is 40.7 Å². The van der Waals surface area contributed by atoms with E-state index in [9.17, 15) is 4.79 Å². The monoisotopic (exact) mass is 378 g/mol. The van der Waals surface area contributed by atoms with E-state index >= 15 is 0 Å². The molecule has 1 aliphatic carbocycles. The maximum Gasteiger partial charge on any atom is 0.163 e. The van der Waals surface area contributed by atoms with Gasteiger partial charge in [-0.2, -0.15) is 0 Å². The van der Waals surface area contributed by atoms with Crippen molar-refractivity contribution in [1.29, 1.82) is 0 Å². The highest BCUT2D eigenvalue weighted by molar-refractivity contribution is 5.99. The lowest BCUT2D eigenvalue weighted by molar-refractivity contribution is 0.0971. The Hall–Kier alpha value is -2.33. The number of nitrogens with zero attached hydrogens (tertiary/aromatic N) is 2. The molecule has 28 heavy (non-hydrogen) atoms. The molecule has 1 fully saturated rings. The number of hydrogen-bond acceptors (Lipinski definition) is 4. The maximum atomic E-state index is 12.1. The molecule has 4 heteroatoms. The molecule has 2 aliphatic rings. The van der Waals surface area contributed by atoms with Crippen molar-refractivity contribution in [2.75, 3.05) is 44.2 Å². The number of anilines is 1. The molecular weight excluding hydrogens is 348 g/mol. The van der Waals surface area contributed by atoms with Crippen LogP contribution in [0.4, 0.5) is 5.69 Å². The molecule has 1 saturated heterocycles. The second-order valence-electron chi connectivity index (χ2n) is 7.88. The van der Waals surface area contributed by atoms with Crippen LogP contribution in [0.3, 0.4) is 0 Å².